The van der Waals surface area contributed by atoms with E-state index in [4.69, 9.17) is 0 Å². The number of halogens is 1. The average molecular weight is 513 g/mol. The molecule has 0 radical (unpaired) electrons. The first kappa shape index (κ1) is 21.9. The van der Waals surface area contributed by atoms with Gasteiger partial charge in [0.1, 0.15) is 0 Å². The van der Waals surface area contributed by atoms with Gasteiger partial charge in [-0.2, -0.15) is 0 Å². The van der Waals surface area contributed by atoms with E-state index in [-0.39, 0.29) is 5.75 Å². The molecule has 0 aliphatic heterocycles. The van der Waals surface area contributed by atoms with Gasteiger partial charge in [-0.05, 0) is 103 Å². The normalized spacial score (nSPS) is 22.2. The average Bonchev–Trinajstić information content (AvgIpc) is 2.68. The van der Waals surface area contributed by atoms with Gasteiger partial charge >= 0.3 is 0 Å². The number of allylic oxidation sites excluding steroid dienone is 4. The molecule has 4 rings (SSSR count). The summed E-state index contributed by atoms with van der Waals surface area (Å²) in [5.74, 6) is 1.11. The van der Waals surface area contributed by atoms with Crippen molar-refractivity contribution < 1.29 is 8.42 Å². The zero-order chi connectivity index (χ0) is 20.0. The summed E-state index contributed by atoms with van der Waals surface area (Å²) < 4.78 is 29.8. The molecule has 0 saturated heterocycles. The number of unbranched alkanes of at least 4 members (excludes halogenated alkanes) is 2. The van der Waals surface area contributed by atoms with Crippen LogP contribution in [0.3, 0.4) is 0 Å². The monoisotopic (exact) mass is 513 g/mol. The van der Waals surface area contributed by atoms with E-state index in [0.717, 1.165) is 40.5 Å². The highest BCUT2D eigenvalue weighted by Gasteiger charge is 2.36. The van der Waals surface area contributed by atoms with E-state index in [9.17, 15) is 8.42 Å². The zero-order valence-electron chi connectivity index (χ0n) is 16.8. The Bertz CT molecular complexity index is 821. The molecule has 0 unspecified atom stereocenters. The minimum Gasteiger partial charge on any atom is -0.287 e. The van der Waals surface area contributed by atoms with Crippen LogP contribution in [-0.2, 0) is 16.4 Å². The molecule has 0 atom stereocenters. The largest absolute Gasteiger partial charge is 0.287 e. The third-order valence-electron chi connectivity index (χ3n) is 6.02. The van der Waals surface area contributed by atoms with Crippen molar-refractivity contribution in [2.45, 2.75) is 64.7 Å². The highest BCUT2D eigenvalue weighted by atomic mass is 127. The van der Waals surface area contributed by atoms with E-state index in [2.05, 4.69) is 52.5 Å². The fourth-order valence-corrected chi connectivity index (χ4v) is 6.30. The predicted molar refractivity (Wildman–Crippen MR) is 126 cm³/mol. The van der Waals surface area contributed by atoms with Crippen LogP contribution in [0.1, 0.15) is 63.9 Å². The molecular formula is C23H32INO2S. The standard InChI is InChI=1S/C23H32INO2S/c1-2-3-4-5-6-10-22-19-11-13-20(14-12-19)23(22)25-28(26,27)16-15-18-8-7-9-21(24)17-18/h5-9,17,19-20,25H,2-4,10-16H2,1H3. The van der Waals surface area contributed by atoms with E-state index < -0.39 is 10.0 Å². The van der Waals surface area contributed by atoms with Gasteiger partial charge in [0.2, 0.25) is 10.0 Å². The van der Waals surface area contributed by atoms with Gasteiger partial charge in [0.25, 0.3) is 0 Å². The first-order valence-electron chi connectivity index (χ1n) is 10.6. The topological polar surface area (TPSA) is 46.2 Å². The van der Waals surface area contributed by atoms with Crippen molar-refractivity contribution in [3.05, 3.63) is 56.8 Å². The molecule has 0 amide bonds. The lowest BCUT2D eigenvalue weighted by Crippen LogP contribution is -2.37. The number of benzene rings is 1. The molecular weight excluding hydrogens is 481 g/mol. The number of nitrogens with one attached hydrogen (secondary N) is 1. The van der Waals surface area contributed by atoms with Crippen molar-refractivity contribution in [1.29, 1.82) is 0 Å². The lowest BCUT2D eigenvalue weighted by atomic mass is 9.69. The molecule has 154 valence electrons. The van der Waals surface area contributed by atoms with Crippen LogP contribution in [0.5, 0.6) is 0 Å². The molecule has 1 saturated carbocycles. The molecule has 1 N–H and O–H groups in total. The zero-order valence-corrected chi connectivity index (χ0v) is 19.8. The van der Waals surface area contributed by atoms with E-state index in [1.165, 1.54) is 31.3 Å². The molecule has 1 aromatic carbocycles. The summed E-state index contributed by atoms with van der Waals surface area (Å²) in [6.07, 6.45) is 14.2. The van der Waals surface area contributed by atoms with Gasteiger partial charge in [-0.1, -0.05) is 44.1 Å². The van der Waals surface area contributed by atoms with E-state index in [0.29, 0.717) is 18.3 Å². The van der Waals surface area contributed by atoms with Crippen LogP contribution in [0.2, 0.25) is 0 Å². The Morgan fingerprint density at radius 1 is 1.14 bits per heavy atom. The van der Waals surface area contributed by atoms with Gasteiger partial charge in [0.05, 0.1) is 5.75 Å². The number of aryl methyl sites for hydroxylation is 1. The third kappa shape index (κ3) is 6.09. The molecule has 3 nitrogen and oxygen atoms in total. The highest BCUT2D eigenvalue weighted by Crippen LogP contribution is 2.45. The maximum atomic E-state index is 12.8. The minimum atomic E-state index is -3.32. The summed E-state index contributed by atoms with van der Waals surface area (Å²) in [7, 11) is -3.32. The SMILES string of the molecule is CCCCC=CCC1=C(NS(=O)(=O)CCc2cccc(I)c2)C2CCC1CC2. The highest BCUT2D eigenvalue weighted by molar-refractivity contribution is 14.1. The summed E-state index contributed by atoms with van der Waals surface area (Å²) in [4.78, 5) is 0. The first-order chi connectivity index (χ1) is 13.5. The molecule has 0 aromatic heterocycles. The number of sulfonamides is 1. The van der Waals surface area contributed by atoms with Crippen LogP contribution in [-0.4, -0.2) is 14.2 Å². The maximum Gasteiger partial charge on any atom is 0.232 e. The second-order valence-corrected chi connectivity index (χ2v) is 11.2. The molecule has 2 bridgehead atoms. The van der Waals surface area contributed by atoms with E-state index in [1.54, 1.807) is 0 Å². The van der Waals surface area contributed by atoms with Gasteiger partial charge in [-0.15, -0.1) is 0 Å². The Morgan fingerprint density at radius 3 is 2.61 bits per heavy atom. The lowest BCUT2D eigenvalue weighted by molar-refractivity contribution is 0.284. The molecule has 3 aliphatic carbocycles. The van der Waals surface area contributed by atoms with Gasteiger partial charge in [0, 0.05) is 9.27 Å². The number of fused-ring (bicyclic) bond motifs is 2. The fraction of sp³-hybridized carbons (Fsp3) is 0.565. The van der Waals surface area contributed by atoms with Crippen molar-refractivity contribution in [1.82, 2.24) is 4.72 Å². The molecule has 1 fully saturated rings. The van der Waals surface area contributed by atoms with Crippen LogP contribution >= 0.6 is 22.6 Å². The van der Waals surface area contributed by atoms with Gasteiger partial charge in [-0.3, -0.25) is 4.72 Å². The molecule has 28 heavy (non-hydrogen) atoms. The van der Waals surface area contributed by atoms with Crippen LogP contribution in [0, 0.1) is 15.4 Å². The van der Waals surface area contributed by atoms with Crippen LogP contribution in [0.15, 0.2) is 47.7 Å². The van der Waals surface area contributed by atoms with E-state index >= 15 is 0 Å². The molecule has 1 aromatic rings. The van der Waals surface area contributed by atoms with Gasteiger partial charge < -0.3 is 0 Å². The Morgan fingerprint density at radius 2 is 1.89 bits per heavy atom. The Hall–Kier alpha value is -0.820. The summed E-state index contributed by atoms with van der Waals surface area (Å²) >= 11 is 2.27. The van der Waals surface area contributed by atoms with Crippen molar-refractivity contribution in [2.24, 2.45) is 11.8 Å². The van der Waals surface area contributed by atoms with Crippen molar-refractivity contribution in [3.8, 4) is 0 Å². The Kier molecular flexibility index (Phi) is 8.03. The Balaban J connectivity index is 1.68. The smallest absolute Gasteiger partial charge is 0.232 e. The number of hydrogen-bond acceptors (Lipinski definition) is 2. The molecule has 0 heterocycles. The van der Waals surface area contributed by atoms with Gasteiger partial charge in [-0.25, -0.2) is 8.42 Å². The summed E-state index contributed by atoms with van der Waals surface area (Å²) in [6.45, 7) is 2.21. The van der Waals surface area contributed by atoms with Crippen molar-refractivity contribution >= 4 is 32.6 Å². The lowest BCUT2D eigenvalue weighted by Gasteiger charge is -2.40. The fourth-order valence-electron chi connectivity index (χ4n) is 4.45. The predicted octanol–water partition coefficient (Wildman–Crippen LogP) is 5.96. The maximum absolute atomic E-state index is 12.8. The van der Waals surface area contributed by atoms with Crippen molar-refractivity contribution in [2.75, 3.05) is 5.75 Å². The van der Waals surface area contributed by atoms with Crippen LogP contribution in [0.4, 0.5) is 0 Å². The summed E-state index contributed by atoms with van der Waals surface area (Å²) in [5, 5.41) is 0. The van der Waals surface area contributed by atoms with Crippen LogP contribution in [0.25, 0.3) is 0 Å². The van der Waals surface area contributed by atoms with E-state index in [1.807, 2.05) is 18.2 Å². The molecule has 5 heteroatoms. The second-order valence-electron chi connectivity index (χ2n) is 8.11. The third-order valence-corrected chi connectivity index (χ3v) is 7.96. The van der Waals surface area contributed by atoms with Crippen LogP contribution < -0.4 is 4.72 Å². The van der Waals surface area contributed by atoms with Crippen molar-refractivity contribution in [3.63, 3.8) is 0 Å². The Labute approximate surface area is 184 Å². The second kappa shape index (κ2) is 10.3. The summed E-state index contributed by atoms with van der Waals surface area (Å²) in [5.41, 5.74) is 3.47. The number of rotatable bonds is 10. The minimum absolute atomic E-state index is 0.146. The van der Waals surface area contributed by atoms with Gasteiger partial charge in [0.15, 0.2) is 0 Å². The summed E-state index contributed by atoms with van der Waals surface area (Å²) in [6, 6.07) is 8.08. The molecule has 3 aliphatic rings. The number of hydrogen-bond donors (Lipinski definition) is 1. The molecule has 0 spiro atoms. The first-order valence-corrected chi connectivity index (χ1v) is 13.3. The quantitative estimate of drug-likeness (QED) is 0.238.